The van der Waals surface area contributed by atoms with E-state index in [9.17, 15) is 9.90 Å². The van der Waals surface area contributed by atoms with E-state index >= 15 is 0 Å². The fraction of sp³-hybridized carbons (Fsp3) is 0.417. The normalized spacial score (nSPS) is 22.5. The second kappa shape index (κ2) is 4.35. The molecule has 1 aliphatic heterocycles. The minimum absolute atomic E-state index is 0.167. The van der Waals surface area contributed by atoms with Crippen molar-refractivity contribution in [2.75, 3.05) is 19.1 Å². The molecule has 0 radical (unpaired) electrons. The van der Waals surface area contributed by atoms with Crippen LogP contribution in [0.2, 0.25) is 0 Å². The molecule has 0 aliphatic carbocycles. The second-order valence-corrected chi connectivity index (χ2v) is 3.88. The van der Waals surface area contributed by atoms with Gasteiger partial charge in [-0.1, -0.05) is 0 Å². The lowest BCUT2D eigenvalue weighted by Gasteiger charge is -2.23. The summed E-state index contributed by atoms with van der Waals surface area (Å²) >= 11 is 0. The molecule has 1 aliphatic rings. The molecular weight excluding hydrogens is 222 g/mol. The van der Waals surface area contributed by atoms with E-state index in [0.29, 0.717) is 17.0 Å². The van der Waals surface area contributed by atoms with Crippen molar-refractivity contribution in [3.05, 3.63) is 23.8 Å². The second-order valence-electron chi connectivity index (χ2n) is 3.88. The summed E-state index contributed by atoms with van der Waals surface area (Å²) < 4.78 is 10.3. The number of anilines is 1. The van der Waals surface area contributed by atoms with Crippen molar-refractivity contribution in [3.8, 4) is 5.75 Å². The maximum Gasteiger partial charge on any atom is 0.226 e. The van der Waals surface area contributed by atoms with Gasteiger partial charge in [0.05, 0.1) is 12.8 Å². The Labute approximate surface area is 99.6 Å². The number of aliphatic hydroxyl groups is 1. The molecule has 5 nitrogen and oxygen atoms in total. The van der Waals surface area contributed by atoms with Crippen molar-refractivity contribution in [2.24, 2.45) is 0 Å². The van der Waals surface area contributed by atoms with E-state index in [1.165, 1.54) is 18.9 Å². The molecule has 0 fully saturated rings. The Morgan fingerprint density at radius 1 is 1.41 bits per heavy atom. The van der Waals surface area contributed by atoms with Crippen LogP contribution < -0.4 is 9.64 Å². The molecular formula is C12H15NO4. The summed E-state index contributed by atoms with van der Waals surface area (Å²) in [4.78, 5) is 13.0. The number of methoxy groups -OCH3 is 2. The predicted molar refractivity (Wildman–Crippen MR) is 61.9 cm³/mol. The third kappa shape index (κ3) is 1.77. The molecule has 1 N–H and O–H groups in total. The highest BCUT2D eigenvalue weighted by molar-refractivity contribution is 5.94. The summed E-state index contributed by atoms with van der Waals surface area (Å²) in [5.74, 6) is 0.475. The zero-order valence-electron chi connectivity index (χ0n) is 10.0. The summed E-state index contributed by atoms with van der Waals surface area (Å²) in [5, 5.41) is 10.1. The minimum atomic E-state index is -0.853. The van der Waals surface area contributed by atoms with Gasteiger partial charge in [-0.3, -0.25) is 9.69 Å². The van der Waals surface area contributed by atoms with E-state index in [-0.39, 0.29) is 5.91 Å². The van der Waals surface area contributed by atoms with Crippen molar-refractivity contribution in [3.63, 3.8) is 0 Å². The van der Waals surface area contributed by atoms with E-state index < -0.39 is 12.3 Å². The number of benzene rings is 1. The average molecular weight is 237 g/mol. The molecule has 0 aromatic heterocycles. The lowest BCUT2D eigenvalue weighted by Crippen LogP contribution is -2.39. The lowest BCUT2D eigenvalue weighted by molar-refractivity contribution is -0.120. The Kier molecular flexibility index (Phi) is 3.04. The van der Waals surface area contributed by atoms with E-state index in [1.807, 2.05) is 0 Å². The molecule has 1 aromatic carbocycles. The molecule has 1 heterocycles. The van der Waals surface area contributed by atoms with Crippen LogP contribution in [0, 0.1) is 0 Å². The molecule has 0 saturated carbocycles. The highest BCUT2D eigenvalue weighted by atomic mass is 16.5. The van der Waals surface area contributed by atoms with Crippen LogP contribution in [0.15, 0.2) is 18.2 Å². The van der Waals surface area contributed by atoms with Gasteiger partial charge < -0.3 is 14.6 Å². The topological polar surface area (TPSA) is 59.0 Å². The number of amides is 1. The number of hydrogen-bond donors (Lipinski definition) is 1. The fourth-order valence-electron chi connectivity index (χ4n) is 2.13. The maximum atomic E-state index is 11.6. The van der Waals surface area contributed by atoms with Crippen molar-refractivity contribution < 1.29 is 19.4 Å². The van der Waals surface area contributed by atoms with Crippen molar-refractivity contribution in [1.29, 1.82) is 0 Å². The molecule has 92 valence electrons. The van der Waals surface area contributed by atoms with Gasteiger partial charge in [0.25, 0.3) is 0 Å². The molecule has 2 atom stereocenters. The average Bonchev–Trinajstić information content (AvgIpc) is 2.61. The first kappa shape index (κ1) is 11.9. The van der Waals surface area contributed by atoms with Crippen LogP contribution >= 0.6 is 0 Å². The highest BCUT2D eigenvalue weighted by Gasteiger charge is 2.40. The van der Waals surface area contributed by atoms with E-state index in [4.69, 9.17) is 9.47 Å². The van der Waals surface area contributed by atoms with E-state index in [0.717, 1.165) is 0 Å². The first-order valence-electron chi connectivity index (χ1n) is 5.28. The van der Waals surface area contributed by atoms with Gasteiger partial charge in [0.2, 0.25) is 5.91 Å². The Morgan fingerprint density at radius 3 is 2.65 bits per heavy atom. The molecule has 2 rings (SSSR count). The van der Waals surface area contributed by atoms with Gasteiger partial charge in [0.1, 0.15) is 11.9 Å². The standard InChI is InChI=1S/C12H15NO4/c1-7(14)13-10-5-4-8(16-2)6-9(10)11(15)12(13)17-3/h4-6,11-12,15H,1-3H3. The van der Waals surface area contributed by atoms with E-state index in [2.05, 4.69) is 0 Å². The Balaban J connectivity index is 2.50. The zero-order valence-corrected chi connectivity index (χ0v) is 10.0. The van der Waals surface area contributed by atoms with Crippen molar-refractivity contribution in [1.82, 2.24) is 0 Å². The number of hydrogen-bond acceptors (Lipinski definition) is 4. The Bertz CT molecular complexity index is 446. The number of fused-ring (bicyclic) bond motifs is 1. The molecule has 0 bridgehead atoms. The number of aliphatic hydroxyl groups excluding tert-OH is 1. The summed E-state index contributed by atoms with van der Waals surface area (Å²) in [6.45, 7) is 1.44. The number of carbonyl (C=O) groups excluding carboxylic acids is 1. The van der Waals surface area contributed by atoms with Crippen LogP contribution in [0.5, 0.6) is 5.75 Å². The third-order valence-electron chi connectivity index (χ3n) is 2.92. The van der Waals surface area contributed by atoms with Crippen LogP contribution in [-0.4, -0.2) is 31.5 Å². The predicted octanol–water partition coefficient (Wildman–Crippen LogP) is 1.07. The molecule has 1 amide bonds. The molecule has 2 unspecified atom stereocenters. The SMILES string of the molecule is COc1ccc2c(c1)C(O)C(OC)N2C(C)=O. The van der Waals surface area contributed by atoms with Crippen LogP contribution in [0.4, 0.5) is 5.69 Å². The Morgan fingerprint density at radius 2 is 2.12 bits per heavy atom. The highest BCUT2D eigenvalue weighted by Crippen LogP contribution is 2.41. The fourth-order valence-corrected chi connectivity index (χ4v) is 2.13. The third-order valence-corrected chi connectivity index (χ3v) is 2.92. The van der Waals surface area contributed by atoms with Gasteiger partial charge in [-0.25, -0.2) is 0 Å². The lowest BCUT2D eigenvalue weighted by atomic mass is 10.1. The first-order valence-corrected chi connectivity index (χ1v) is 5.28. The van der Waals surface area contributed by atoms with Crippen LogP contribution in [0.3, 0.4) is 0 Å². The minimum Gasteiger partial charge on any atom is -0.497 e. The van der Waals surface area contributed by atoms with Crippen LogP contribution in [-0.2, 0) is 9.53 Å². The van der Waals surface area contributed by atoms with Gasteiger partial charge in [0, 0.05) is 19.6 Å². The Hall–Kier alpha value is -1.59. The largest absolute Gasteiger partial charge is 0.497 e. The number of ether oxygens (including phenoxy) is 2. The van der Waals surface area contributed by atoms with E-state index in [1.54, 1.807) is 25.3 Å². The quantitative estimate of drug-likeness (QED) is 0.835. The summed E-state index contributed by atoms with van der Waals surface area (Å²) in [7, 11) is 3.02. The number of nitrogens with zero attached hydrogens (tertiary/aromatic N) is 1. The van der Waals surface area contributed by atoms with Gasteiger partial charge in [0.15, 0.2) is 6.23 Å². The molecule has 17 heavy (non-hydrogen) atoms. The zero-order chi connectivity index (χ0) is 12.6. The molecule has 5 heteroatoms. The number of carbonyl (C=O) groups is 1. The van der Waals surface area contributed by atoms with Gasteiger partial charge in [-0.2, -0.15) is 0 Å². The van der Waals surface area contributed by atoms with Gasteiger partial charge >= 0.3 is 0 Å². The first-order chi connectivity index (χ1) is 8.10. The molecule has 0 saturated heterocycles. The van der Waals surface area contributed by atoms with Crippen LogP contribution in [0.1, 0.15) is 18.6 Å². The van der Waals surface area contributed by atoms with Gasteiger partial charge in [-0.15, -0.1) is 0 Å². The number of rotatable bonds is 2. The summed E-state index contributed by atoms with van der Waals surface area (Å²) in [6, 6.07) is 5.21. The smallest absolute Gasteiger partial charge is 0.226 e. The molecule has 0 spiro atoms. The van der Waals surface area contributed by atoms with Gasteiger partial charge in [-0.05, 0) is 18.2 Å². The monoisotopic (exact) mass is 237 g/mol. The van der Waals surface area contributed by atoms with Crippen molar-refractivity contribution >= 4 is 11.6 Å². The molecule has 1 aromatic rings. The maximum absolute atomic E-state index is 11.6. The van der Waals surface area contributed by atoms with Crippen molar-refractivity contribution in [2.45, 2.75) is 19.3 Å². The summed E-state index contributed by atoms with van der Waals surface area (Å²) in [6.07, 6.45) is -1.52. The van der Waals surface area contributed by atoms with Crippen LogP contribution in [0.25, 0.3) is 0 Å². The summed E-state index contributed by atoms with van der Waals surface area (Å²) in [5.41, 5.74) is 1.31.